The van der Waals surface area contributed by atoms with Crippen LogP contribution in [-0.2, 0) is 14.8 Å². The van der Waals surface area contributed by atoms with Crippen LogP contribution in [-0.4, -0.2) is 69.0 Å². The van der Waals surface area contributed by atoms with Gasteiger partial charge in [-0.25, -0.2) is 13.2 Å². The number of carbonyl (C=O) groups excluding carboxylic acids is 2. The molecule has 0 aromatic heterocycles. The quantitative estimate of drug-likeness (QED) is 0.663. The first-order valence-corrected chi connectivity index (χ1v) is 12.1. The third-order valence-corrected chi connectivity index (χ3v) is 7.50. The van der Waals surface area contributed by atoms with Crippen LogP contribution in [0.5, 0.6) is 11.5 Å². The van der Waals surface area contributed by atoms with Crippen molar-refractivity contribution in [3.63, 3.8) is 0 Å². The van der Waals surface area contributed by atoms with E-state index in [0.717, 1.165) is 6.42 Å². The van der Waals surface area contributed by atoms with Gasteiger partial charge < -0.3 is 15.2 Å². The van der Waals surface area contributed by atoms with E-state index in [1.165, 1.54) is 16.4 Å². The number of primary amides is 1. The minimum Gasteiger partial charge on any atom is -0.490 e. The lowest BCUT2D eigenvalue weighted by Crippen LogP contribution is -2.53. The van der Waals surface area contributed by atoms with Crippen molar-refractivity contribution >= 4 is 22.0 Å². The van der Waals surface area contributed by atoms with Gasteiger partial charge in [0.15, 0.2) is 11.5 Å². The number of hydrogen-bond donors (Lipinski definition) is 2. The van der Waals surface area contributed by atoms with Crippen LogP contribution in [0.2, 0.25) is 0 Å². The van der Waals surface area contributed by atoms with Crippen molar-refractivity contribution in [2.24, 2.45) is 5.73 Å². The summed E-state index contributed by atoms with van der Waals surface area (Å²) in [4.78, 5) is 25.9. The molecule has 2 aliphatic rings. The fourth-order valence-corrected chi connectivity index (χ4v) is 5.45. The molecule has 0 saturated carbocycles. The molecule has 0 aliphatic carbocycles. The molecule has 176 valence electrons. The SMILES string of the molecule is NC(=O)NC(=O)[C@H](c1ccccc1)N1CCN(S(=O)(=O)c2ccc3c(c2)OCCCO3)CC1. The number of urea groups is 1. The van der Waals surface area contributed by atoms with Crippen LogP contribution in [0.1, 0.15) is 18.0 Å². The van der Waals surface area contributed by atoms with Gasteiger partial charge in [-0.1, -0.05) is 30.3 Å². The summed E-state index contributed by atoms with van der Waals surface area (Å²) in [5.74, 6) is 0.398. The highest BCUT2D eigenvalue weighted by Gasteiger charge is 2.35. The Hall–Kier alpha value is -3.15. The number of hydrogen-bond acceptors (Lipinski definition) is 7. The van der Waals surface area contributed by atoms with Crippen molar-refractivity contribution in [1.29, 1.82) is 0 Å². The molecule has 2 aromatic rings. The Morgan fingerprint density at radius 2 is 1.61 bits per heavy atom. The minimum atomic E-state index is -3.76. The van der Waals surface area contributed by atoms with E-state index in [1.54, 1.807) is 30.3 Å². The van der Waals surface area contributed by atoms with E-state index in [-0.39, 0.29) is 18.0 Å². The molecule has 1 saturated heterocycles. The summed E-state index contributed by atoms with van der Waals surface area (Å²) in [7, 11) is -3.76. The molecule has 3 amide bonds. The Bertz CT molecular complexity index is 1120. The average Bonchev–Trinajstić information content (AvgIpc) is 3.05. The number of nitrogens with one attached hydrogen (secondary N) is 1. The summed E-state index contributed by atoms with van der Waals surface area (Å²) in [6, 6.07) is 11.9. The fourth-order valence-electron chi connectivity index (χ4n) is 4.01. The van der Waals surface area contributed by atoms with Crippen molar-refractivity contribution < 1.29 is 27.5 Å². The Morgan fingerprint density at radius 3 is 2.27 bits per heavy atom. The van der Waals surface area contributed by atoms with Gasteiger partial charge in [0, 0.05) is 38.7 Å². The van der Waals surface area contributed by atoms with Crippen LogP contribution in [0, 0.1) is 0 Å². The van der Waals surface area contributed by atoms with E-state index >= 15 is 0 Å². The Labute approximate surface area is 192 Å². The molecular formula is C22H26N4O6S. The van der Waals surface area contributed by atoms with Crippen molar-refractivity contribution in [3.05, 3.63) is 54.1 Å². The summed E-state index contributed by atoms with van der Waals surface area (Å²) in [6.45, 7) is 1.95. The second-order valence-corrected chi connectivity index (χ2v) is 9.70. The predicted molar refractivity (Wildman–Crippen MR) is 119 cm³/mol. The van der Waals surface area contributed by atoms with Gasteiger partial charge in [0.25, 0.3) is 0 Å². The molecule has 0 spiro atoms. The predicted octanol–water partition coefficient (Wildman–Crippen LogP) is 1.09. The van der Waals surface area contributed by atoms with Gasteiger partial charge in [-0.3, -0.25) is 15.0 Å². The zero-order chi connectivity index (χ0) is 23.4. The fraction of sp³-hybridized carbons (Fsp3) is 0.364. The third kappa shape index (κ3) is 5.10. The number of piperazine rings is 1. The zero-order valence-corrected chi connectivity index (χ0v) is 18.8. The summed E-state index contributed by atoms with van der Waals surface area (Å²) in [5, 5.41) is 2.14. The van der Waals surface area contributed by atoms with Crippen LogP contribution in [0.4, 0.5) is 4.79 Å². The van der Waals surface area contributed by atoms with Crippen LogP contribution < -0.4 is 20.5 Å². The smallest absolute Gasteiger partial charge is 0.318 e. The molecule has 2 aliphatic heterocycles. The number of nitrogens with two attached hydrogens (primary N) is 1. The highest BCUT2D eigenvalue weighted by molar-refractivity contribution is 7.89. The Morgan fingerprint density at radius 1 is 0.939 bits per heavy atom. The largest absolute Gasteiger partial charge is 0.490 e. The number of imide groups is 1. The van der Waals surface area contributed by atoms with E-state index in [9.17, 15) is 18.0 Å². The molecule has 2 heterocycles. The topological polar surface area (TPSA) is 131 Å². The van der Waals surface area contributed by atoms with Crippen LogP contribution in [0.25, 0.3) is 0 Å². The van der Waals surface area contributed by atoms with Gasteiger partial charge in [-0.2, -0.15) is 4.31 Å². The first-order chi connectivity index (χ1) is 15.9. The molecule has 3 N–H and O–H groups in total. The van der Waals surface area contributed by atoms with Gasteiger partial charge in [-0.15, -0.1) is 0 Å². The van der Waals surface area contributed by atoms with E-state index < -0.39 is 28.0 Å². The maximum atomic E-state index is 13.3. The molecule has 4 rings (SSSR count). The number of sulfonamides is 1. The van der Waals surface area contributed by atoms with Crippen LogP contribution in [0.15, 0.2) is 53.4 Å². The number of benzene rings is 2. The first-order valence-electron chi connectivity index (χ1n) is 10.7. The van der Waals surface area contributed by atoms with Gasteiger partial charge in [0.2, 0.25) is 15.9 Å². The lowest BCUT2D eigenvalue weighted by Gasteiger charge is -2.38. The number of carbonyl (C=O) groups is 2. The molecule has 0 radical (unpaired) electrons. The molecule has 2 aromatic carbocycles. The second-order valence-electron chi connectivity index (χ2n) is 7.77. The normalized spacial score (nSPS) is 18.2. The highest BCUT2D eigenvalue weighted by atomic mass is 32.2. The molecule has 0 unspecified atom stereocenters. The highest BCUT2D eigenvalue weighted by Crippen LogP contribution is 2.33. The van der Waals surface area contributed by atoms with Crippen molar-refractivity contribution in [3.8, 4) is 11.5 Å². The van der Waals surface area contributed by atoms with E-state index in [4.69, 9.17) is 15.2 Å². The lowest BCUT2D eigenvalue weighted by atomic mass is 10.0. The molecule has 0 bridgehead atoms. The summed E-state index contributed by atoms with van der Waals surface area (Å²) in [5.41, 5.74) is 5.83. The Balaban J connectivity index is 1.50. The number of amides is 3. The van der Waals surface area contributed by atoms with Crippen LogP contribution >= 0.6 is 0 Å². The van der Waals surface area contributed by atoms with Gasteiger partial charge in [-0.05, 0) is 17.7 Å². The summed E-state index contributed by atoms with van der Waals surface area (Å²) in [6.07, 6.45) is 0.727. The Kier molecular flexibility index (Phi) is 6.82. The van der Waals surface area contributed by atoms with E-state index in [1.807, 2.05) is 11.0 Å². The molecule has 33 heavy (non-hydrogen) atoms. The maximum Gasteiger partial charge on any atom is 0.318 e. The van der Waals surface area contributed by atoms with E-state index in [2.05, 4.69) is 5.32 Å². The standard InChI is InChI=1S/C22H26N4O6S/c23-22(28)24-21(27)20(16-5-2-1-3-6-16)25-9-11-26(12-10-25)33(29,30)17-7-8-18-19(15-17)32-14-4-13-31-18/h1-3,5-8,15,20H,4,9-14H2,(H3,23,24,27,28)/t20-/m0/s1. The molecule has 11 heteroatoms. The van der Waals surface area contributed by atoms with Gasteiger partial charge in [0.05, 0.1) is 18.1 Å². The number of fused-ring (bicyclic) bond motifs is 1. The van der Waals surface area contributed by atoms with E-state index in [0.29, 0.717) is 43.4 Å². The number of ether oxygens (including phenoxy) is 2. The van der Waals surface area contributed by atoms with Crippen molar-refractivity contribution in [2.45, 2.75) is 17.4 Å². The van der Waals surface area contributed by atoms with Crippen LogP contribution in [0.3, 0.4) is 0 Å². The van der Waals surface area contributed by atoms with Crippen molar-refractivity contribution in [1.82, 2.24) is 14.5 Å². The zero-order valence-electron chi connectivity index (χ0n) is 18.0. The molecule has 1 fully saturated rings. The average molecular weight is 475 g/mol. The third-order valence-electron chi connectivity index (χ3n) is 5.61. The first kappa shape index (κ1) is 23.0. The lowest BCUT2D eigenvalue weighted by molar-refractivity contribution is -0.126. The second kappa shape index (κ2) is 9.77. The van der Waals surface area contributed by atoms with Gasteiger partial charge in [0.1, 0.15) is 6.04 Å². The number of nitrogens with zero attached hydrogens (tertiary/aromatic N) is 2. The maximum absolute atomic E-state index is 13.3. The minimum absolute atomic E-state index is 0.131. The van der Waals surface area contributed by atoms with Gasteiger partial charge >= 0.3 is 6.03 Å². The molecule has 1 atom stereocenters. The monoisotopic (exact) mass is 474 g/mol. The molecular weight excluding hydrogens is 448 g/mol. The number of rotatable bonds is 5. The molecule has 10 nitrogen and oxygen atoms in total. The summed E-state index contributed by atoms with van der Waals surface area (Å²) >= 11 is 0. The summed E-state index contributed by atoms with van der Waals surface area (Å²) < 4.78 is 39.1. The van der Waals surface area contributed by atoms with Crippen molar-refractivity contribution in [2.75, 3.05) is 39.4 Å².